The fourth-order valence-electron chi connectivity index (χ4n) is 1.79. The second kappa shape index (κ2) is 5.52. The molecule has 14 heavy (non-hydrogen) atoms. The molecule has 0 heterocycles. The highest BCUT2D eigenvalue weighted by Crippen LogP contribution is 2.47. The van der Waals surface area contributed by atoms with Crippen molar-refractivity contribution >= 4 is 0 Å². The smallest absolute Gasteiger partial charge is 0.0436 e. The Labute approximate surface area is 87.4 Å². The topological polar surface area (TPSA) is 32.3 Å². The van der Waals surface area contributed by atoms with E-state index in [9.17, 15) is 0 Å². The standard InChI is InChI=1S/C12H23NO/c1-3-4-5-11(2)13-10-12(6-7-12)8-9-14/h3,11,13-14H,1,4-10H2,2H3. The molecule has 0 bridgehead atoms. The summed E-state index contributed by atoms with van der Waals surface area (Å²) < 4.78 is 0. The lowest BCUT2D eigenvalue weighted by Crippen LogP contribution is -2.32. The van der Waals surface area contributed by atoms with Crippen LogP contribution in [0.25, 0.3) is 0 Å². The fraction of sp³-hybridized carbons (Fsp3) is 0.833. The number of hydrogen-bond acceptors (Lipinski definition) is 2. The first-order valence-electron chi connectivity index (χ1n) is 5.67. The number of aliphatic hydroxyl groups excluding tert-OH is 1. The molecule has 0 radical (unpaired) electrons. The Bertz CT molecular complexity index is 175. The molecule has 1 fully saturated rings. The van der Waals surface area contributed by atoms with E-state index in [1.807, 2.05) is 6.08 Å². The fourth-order valence-corrected chi connectivity index (χ4v) is 1.79. The highest BCUT2D eigenvalue weighted by atomic mass is 16.3. The van der Waals surface area contributed by atoms with Gasteiger partial charge >= 0.3 is 0 Å². The average Bonchev–Trinajstić information content (AvgIpc) is 2.93. The quantitative estimate of drug-likeness (QED) is 0.584. The van der Waals surface area contributed by atoms with Crippen molar-refractivity contribution in [2.75, 3.05) is 13.2 Å². The van der Waals surface area contributed by atoms with Gasteiger partial charge in [-0.3, -0.25) is 0 Å². The number of allylic oxidation sites excluding steroid dienone is 1. The molecular formula is C12H23NO. The molecule has 1 aliphatic rings. The van der Waals surface area contributed by atoms with E-state index in [1.165, 1.54) is 19.3 Å². The van der Waals surface area contributed by atoms with Gasteiger partial charge < -0.3 is 10.4 Å². The van der Waals surface area contributed by atoms with Crippen LogP contribution >= 0.6 is 0 Å². The second-order valence-electron chi connectivity index (χ2n) is 4.62. The van der Waals surface area contributed by atoms with Gasteiger partial charge in [0.15, 0.2) is 0 Å². The molecule has 1 saturated carbocycles. The zero-order chi connectivity index (χ0) is 10.4. The van der Waals surface area contributed by atoms with E-state index in [4.69, 9.17) is 5.11 Å². The summed E-state index contributed by atoms with van der Waals surface area (Å²) >= 11 is 0. The van der Waals surface area contributed by atoms with Gasteiger partial charge in [-0.25, -0.2) is 0 Å². The van der Waals surface area contributed by atoms with Crippen molar-refractivity contribution in [3.8, 4) is 0 Å². The van der Waals surface area contributed by atoms with Crippen LogP contribution in [0.2, 0.25) is 0 Å². The molecule has 0 aromatic heterocycles. The molecule has 1 rings (SSSR count). The van der Waals surface area contributed by atoms with Crippen molar-refractivity contribution in [1.29, 1.82) is 0 Å². The highest BCUT2D eigenvalue weighted by molar-refractivity contribution is 4.95. The molecule has 1 atom stereocenters. The first-order chi connectivity index (χ1) is 6.72. The molecule has 2 heteroatoms. The minimum Gasteiger partial charge on any atom is -0.396 e. The van der Waals surface area contributed by atoms with Crippen molar-refractivity contribution < 1.29 is 5.11 Å². The maximum atomic E-state index is 8.91. The van der Waals surface area contributed by atoms with Crippen LogP contribution in [0.1, 0.15) is 39.0 Å². The zero-order valence-electron chi connectivity index (χ0n) is 9.26. The lowest BCUT2D eigenvalue weighted by atomic mass is 10.0. The summed E-state index contributed by atoms with van der Waals surface area (Å²) in [6.07, 6.45) is 7.76. The minimum atomic E-state index is 0.336. The third kappa shape index (κ3) is 3.81. The maximum Gasteiger partial charge on any atom is 0.0436 e. The van der Waals surface area contributed by atoms with E-state index in [-0.39, 0.29) is 0 Å². The Morgan fingerprint density at radius 1 is 1.57 bits per heavy atom. The molecule has 2 nitrogen and oxygen atoms in total. The van der Waals surface area contributed by atoms with Crippen LogP contribution in [0.5, 0.6) is 0 Å². The second-order valence-corrected chi connectivity index (χ2v) is 4.62. The molecule has 1 unspecified atom stereocenters. The van der Waals surface area contributed by atoms with Crippen LogP contribution in [0.3, 0.4) is 0 Å². The van der Waals surface area contributed by atoms with Gasteiger partial charge in [-0.15, -0.1) is 6.58 Å². The third-order valence-electron chi connectivity index (χ3n) is 3.23. The SMILES string of the molecule is C=CCCC(C)NCC1(CCO)CC1. The molecule has 82 valence electrons. The van der Waals surface area contributed by atoms with Gasteiger partial charge in [0.25, 0.3) is 0 Å². The molecule has 0 saturated heterocycles. The molecule has 0 spiro atoms. The van der Waals surface area contributed by atoms with Gasteiger partial charge in [0, 0.05) is 19.2 Å². The summed E-state index contributed by atoms with van der Waals surface area (Å²) in [6.45, 7) is 7.35. The first-order valence-corrected chi connectivity index (χ1v) is 5.67. The summed E-state index contributed by atoms with van der Waals surface area (Å²) in [7, 11) is 0. The summed E-state index contributed by atoms with van der Waals surface area (Å²) in [5.41, 5.74) is 0.442. The van der Waals surface area contributed by atoms with E-state index in [1.54, 1.807) is 0 Å². The predicted molar refractivity (Wildman–Crippen MR) is 60.3 cm³/mol. The molecule has 1 aliphatic carbocycles. The third-order valence-corrected chi connectivity index (χ3v) is 3.23. The Hall–Kier alpha value is -0.340. The average molecular weight is 197 g/mol. The lowest BCUT2D eigenvalue weighted by Gasteiger charge is -2.18. The van der Waals surface area contributed by atoms with Gasteiger partial charge in [-0.1, -0.05) is 6.08 Å². The van der Waals surface area contributed by atoms with E-state index in [2.05, 4.69) is 18.8 Å². The van der Waals surface area contributed by atoms with Crippen molar-refractivity contribution in [2.45, 2.75) is 45.1 Å². The van der Waals surface area contributed by atoms with Gasteiger partial charge in [0.1, 0.15) is 0 Å². The van der Waals surface area contributed by atoms with Gasteiger partial charge in [0.2, 0.25) is 0 Å². The molecule has 0 aromatic carbocycles. The lowest BCUT2D eigenvalue weighted by molar-refractivity contribution is 0.242. The number of rotatable bonds is 8. The van der Waals surface area contributed by atoms with Crippen molar-refractivity contribution in [3.63, 3.8) is 0 Å². The Morgan fingerprint density at radius 2 is 2.29 bits per heavy atom. The van der Waals surface area contributed by atoms with E-state index in [0.717, 1.165) is 19.4 Å². The van der Waals surface area contributed by atoms with Crippen LogP contribution < -0.4 is 5.32 Å². The number of nitrogens with one attached hydrogen (secondary N) is 1. The first kappa shape index (κ1) is 11.7. The monoisotopic (exact) mass is 197 g/mol. The largest absolute Gasteiger partial charge is 0.396 e. The van der Waals surface area contributed by atoms with Crippen LogP contribution in [-0.2, 0) is 0 Å². The van der Waals surface area contributed by atoms with Gasteiger partial charge in [-0.05, 0) is 44.4 Å². The van der Waals surface area contributed by atoms with Crippen LogP contribution in [0.15, 0.2) is 12.7 Å². The summed E-state index contributed by atoms with van der Waals surface area (Å²) in [5.74, 6) is 0. The molecule has 2 N–H and O–H groups in total. The zero-order valence-corrected chi connectivity index (χ0v) is 9.26. The van der Waals surface area contributed by atoms with Crippen LogP contribution in [-0.4, -0.2) is 24.3 Å². The van der Waals surface area contributed by atoms with E-state index in [0.29, 0.717) is 18.1 Å². The summed E-state index contributed by atoms with van der Waals surface area (Å²) in [4.78, 5) is 0. The van der Waals surface area contributed by atoms with Crippen molar-refractivity contribution in [2.24, 2.45) is 5.41 Å². The van der Waals surface area contributed by atoms with Gasteiger partial charge in [0.05, 0.1) is 0 Å². The van der Waals surface area contributed by atoms with Crippen molar-refractivity contribution in [3.05, 3.63) is 12.7 Å². The minimum absolute atomic E-state index is 0.336. The predicted octanol–water partition coefficient (Wildman–Crippen LogP) is 2.09. The van der Waals surface area contributed by atoms with Crippen molar-refractivity contribution in [1.82, 2.24) is 5.32 Å². The number of hydrogen-bond donors (Lipinski definition) is 2. The maximum absolute atomic E-state index is 8.91. The molecule has 0 aromatic rings. The summed E-state index contributed by atoms with van der Waals surface area (Å²) in [5, 5.41) is 12.5. The van der Waals surface area contributed by atoms with Gasteiger partial charge in [-0.2, -0.15) is 0 Å². The normalized spacial score (nSPS) is 20.4. The highest BCUT2D eigenvalue weighted by Gasteiger charge is 2.41. The summed E-state index contributed by atoms with van der Waals surface area (Å²) in [6, 6.07) is 0.573. The van der Waals surface area contributed by atoms with E-state index < -0.39 is 0 Å². The van der Waals surface area contributed by atoms with E-state index >= 15 is 0 Å². The Morgan fingerprint density at radius 3 is 2.79 bits per heavy atom. The molecule has 0 amide bonds. The Balaban J connectivity index is 2.10. The molecule has 0 aliphatic heterocycles. The molecular weight excluding hydrogens is 174 g/mol. The van der Waals surface area contributed by atoms with Crippen LogP contribution in [0.4, 0.5) is 0 Å². The number of aliphatic hydroxyl groups is 1. The van der Waals surface area contributed by atoms with Crippen LogP contribution in [0, 0.1) is 5.41 Å². The Kier molecular flexibility index (Phi) is 4.63.